The van der Waals surface area contributed by atoms with Crippen LogP contribution in [0.5, 0.6) is 0 Å². The van der Waals surface area contributed by atoms with Crippen LogP contribution in [0.4, 0.5) is 5.82 Å². The van der Waals surface area contributed by atoms with E-state index in [0.717, 1.165) is 60.1 Å². The summed E-state index contributed by atoms with van der Waals surface area (Å²) in [7, 11) is -1.18. The molecule has 0 radical (unpaired) electrons. The lowest BCUT2D eigenvalue weighted by Gasteiger charge is -2.28. The molecule has 0 aliphatic carbocycles. The van der Waals surface area contributed by atoms with Crippen LogP contribution < -0.4 is 10.6 Å². The molecule has 1 saturated heterocycles. The van der Waals surface area contributed by atoms with Gasteiger partial charge in [0.25, 0.3) is 0 Å². The van der Waals surface area contributed by atoms with Gasteiger partial charge in [-0.15, -0.1) is 0 Å². The Morgan fingerprint density at radius 3 is 2.73 bits per heavy atom. The molecule has 1 aliphatic heterocycles. The molecule has 1 unspecified atom stereocenters. The Hall–Kier alpha value is -4.02. The predicted octanol–water partition coefficient (Wildman–Crippen LogP) is 5.53. The summed E-state index contributed by atoms with van der Waals surface area (Å²) in [5.41, 5.74) is 3.07. The van der Waals surface area contributed by atoms with E-state index in [9.17, 15) is 4.79 Å². The van der Waals surface area contributed by atoms with E-state index in [4.69, 9.17) is 14.7 Å². The zero-order valence-corrected chi connectivity index (χ0v) is 24.3. The number of hydrogen-bond donors (Lipinski definition) is 0. The minimum absolute atomic E-state index is 0.135. The van der Waals surface area contributed by atoms with Crippen molar-refractivity contribution in [3.05, 3.63) is 89.6 Å². The van der Waals surface area contributed by atoms with E-state index < -0.39 is 8.07 Å². The van der Waals surface area contributed by atoms with Crippen molar-refractivity contribution in [1.82, 2.24) is 28.5 Å². The second-order valence-corrected chi connectivity index (χ2v) is 17.1. The van der Waals surface area contributed by atoms with Crippen LogP contribution in [0.15, 0.2) is 72.6 Å². The number of fused-ring (bicyclic) bond motifs is 2. The Balaban J connectivity index is 1.43. The summed E-state index contributed by atoms with van der Waals surface area (Å²) in [6, 6.07) is 14.4. The van der Waals surface area contributed by atoms with Gasteiger partial charge >= 0.3 is 5.69 Å². The molecule has 1 aliphatic rings. The third kappa shape index (κ3) is 4.77. The zero-order chi connectivity index (χ0) is 27.9. The average molecular weight is 554 g/mol. The number of rotatable bonds is 9. The number of anilines is 1. The van der Waals surface area contributed by atoms with Crippen LogP contribution in [0.1, 0.15) is 30.3 Å². The van der Waals surface area contributed by atoms with Gasteiger partial charge in [-0.1, -0.05) is 50.5 Å². The van der Waals surface area contributed by atoms with Crippen LogP contribution in [0.25, 0.3) is 28.4 Å². The van der Waals surface area contributed by atoms with Crippen LogP contribution in [0.2, 0.25) is 25.7 Å². The second kappa shape index (κ2) is 10.5. The molecule has 0 bridgehead atoms. The summed E-state index contributed by atoms with van der Waals surface area (Å²) in [6.45, 7) is 13.1. The van der Waals surface area contributed by atoms with Crippen molar-refractivity contribution in [2.45, 2.75) is 51.3 Å². The maximum Gasteiger partial charge on any atom is 0.339 e. The summed E-state index contributed by atoms with van der Waals surface area (Å²) in [4.78, 5) is 30.5. The van der Waals surface area contributed by atoms with Crippen LogP contribution in [0.3, 0.4) is 0 Å². The molecule has 0 spiro atoms. The first-order valence-electron chi connectivity index (χ1n) is 13.8. The molecular weight excluding hydrogens is 518 g/mol. The number of ether oxygens (including phenoxy) is 1. The van der Waals surface area contributed by atoms with E-state index >= 15 is 0 Å². The van der Waals surface area contributed by atoms with Crippen LogP contribution in [0, 0.1) is 0 Å². The molecule has 4 aromatic heterocycles. The monoisotopic (exact) mass is 553 g/mol. The number of hydrogen-bond acceptors (Lipinski definition) is 6. The van der Waals surface area contributed by atoms with E-state index in [1.165, 1.54) is 0 Å². The summed E-state index contributed by atoms with van der Waals surface area (Å²) >= 11 is 0. The van der Waals surface area contributed by atoms with Crippen molar-refractivity contribution in [1.29, 1.82) is 0 Å². The fraction of sp³-hybridized carbons (Fsp3) is 0.333. The van der Waals surface area contributed by atoms with E-state index in [2.05, 4.69) is 36.1 Å². The topological polar surface area (TPSA) is 82.5 Å². The third-order valence-electron chi connectivity index (χ3n) is 7.53. The van der Waals surface area contributed by atoms with Crippen molar-refractivity contribution < 1.29 is 4.74 Å². The second-order valence-electron chi connectivity index (χ2n) is 11.5. The average Bonchev–Trinajstić information content (AvgIpc) is 3.69. The molecular formula is C30H35N7O2Si. The first-order chi connectivity index (χ1) is 19.4. The molecule has 1 fully saturated rings. The summed E-state index contributed by atoms with van der Waals surface area (Å²) < 4.78 is 11.4. The maximum absolute atomic E-state index is 13.7. The minimum atomic E-state index is -1.18. The first-order valence-corrected chi connectivity index (χ1v) is 17.5. The fourth-order valence-corrected chi connectivity index (χ4v) is 6.24. The molecule has 1 aromatic carbocycles. The third-order valence-corrected chi connectivity index (χ3v) is 9.23. The molecule has 0 N–H and O–H groups in total. The minimum Gasteiger partial charge on any atom is -0.361 e. The quantitative estimate of drug-likeness (QED) is 0.176. The smallest absolute Gasteiger partial charge is 0.339 e. The molecule has 9 nitrogen and oxygen atoms in total. The van der Waals surface area contributed by atoms with Crippen LogP contribution >= 0.6 is 0 Å². The predicted molar refractivity (Wildman–Crippen MR) is 162 cm³/mol. The molecule has 0 amide bonds. The summed E-state index contributed by atoms with van der Waals surface area (Å²) in [5.74, 6) is 1.54. The van der Waals surface area contributed by atoms with Crippen molar-refractivity contribution in [3.63, 3.8) is 0 Å². The molecule has 5 aromatic rings. The molecule has 5 heterocycles. The van der Waals surface area contributed by atoms with Gasteiger partial charge in [0.2, 0.25) is 0 Å². The van der Waals surface area contributed by atoms with Crippen LogP contribution in [-0.2, 0) is 11.5 Å². The number of benzene rings is 1. The van der Waals surface area contributed by atoms with E-state index in [0.29, 0.717) is 18.2 Å². The zero-order valence-electron chi connectivity index (χ0n) is 23.3. The normalized spacial score (nSPS) is 15.9. The largest absolute Gasteiger partial charge is 0.361 e. The fourth-order valence-electron chi connectivity index (χ4n) is 5.48. The Bertz CT molecular complexity index is 1730. The SMILES string of the molecule is C=Cc1cn(COCC[Si](C)(C)C)c2ncnc(N3CCCC3c3nc4cccn4c(=O)n3-c3ccccc3)c12. The van der Waals surface area contributed by atoms with Gasteiger partial charge in [0.1, 0.15) is 36.0 Å². The number of aromatic nitrogens is 6. The van der Waals surface area contributed by atoms with Crippen molar-refractivity contribution in [2.24, 2.45) is 0 Å². The highest BCUT2D eigenvalue weighted by Gasteiger charge is 2.34. The van der Waals surface area contributed by atoms with Gasteiger partial charge in [-0.2, -0.15) is 0 Å². The molecule has 6 rings (SSSR count). The van der Waals surface area contributed by atoms with Gasteiger partial charge in [-0.05, 0) is 43.2 Å². The maximum atomic E-state index is 13.7. The lowest BCUT2D eigenvalue weighted by Crippen LogP contribution is -2.34. The van der Waals surface area contributed by atoms with Crippen molar-refractivity contribution >= 4 is 36.6 Å². The Morgan fingerprint density at radius 1 is 1.12 bits per heavy atom. The number of nitrogens with zero attached hydrogens (tertiary/aromatic N) is 7. The molecule has 10 heteroatoms. The Kier molecular flexibility index (Phi) is 6.89. The lowest BCUT2D eigenvalue weighted by atomic mass is 10.1. The lowest BCUT2D eigenvalue weighted by molar-refractivity contribution is 0.0898. The standard InChI is InChI=1S/C30H35N7O2Si/c1-5-22-19-34(21-39-17-18-40(2,3)4)28-26(22)29(32-20-31-28)35-15-9-13-24(35)27-33-25-14-10-16-36(25)30(38)37(27)23-11-7-6-8-12-23/h5-8,10-12,14,16,19-20,24H,1,9,13,15,17-18,21H2,2-4H3. The van der Waals surface area contributed by atoms with Gasteiger partial charge in [-0.25, -0.2) is 24.3 Å². The highest BCUT2D eigenvalue weighted by Crippen LogP contribution is 2.39. The van der Waals surface area contributed by atoms with Crippen molar-refractivity contribution in [2.75, 3.05) is 18.1 Å². The van der Waals surface area contributed by atoms with E-state index in [-0.39, 0.29) is 11.7 Å². The Labute approximate surface area is 234 Å². The number of para-hydroxylation sites is 1. The Morgan fingerprint density at radius 2 is 1.95 bits per heavy atom. The van der Waals surface area contributed by atoms with Gasteiger partial charge in [0, 0.05) is 39.2 Å². The van der Waals surface area contributed by atoms with Gasteiger partial charge < -0.3 is 14.2 Å². The molecule has 1 atom stereocenters. The van der Waals surface area contributed by atoms with Gasteiger partial charge in [0.15, 0.2) is 0 Å². The molecule has 206 valence electrons. The van der Waals surface area contributed by atoms with Gasteiger partial charge in [0.05, 0.1) is 17.1 Å². The summed E-state index contributed by atoms with van der Waals surface area (Å²) in [6.07, 6.45) is 9.08. The highest BCUT2D eigenvalue weighted by molar-refractivity contribution is 6.76. The molecule has 0 saturated carbocycles. The summed E-state index contributed by atoms with van der Waals surface area (Å²) in [5, 5.41) is 0.940. The van der Waals surface area contributed by atoms with Crippen LogP contribution in [-0.4, -0.2) is 49.7 Å². The van der Waals surface area contributed by atoms with E-state index in [1.807, 2.05) is 59.3 Å². The first kappa shape index (κ1) is 26.2. The van der Waals surface area contributed by atoms with Gasteiger partial charge in [-0.3, -0.25) is 4.40 Å². The molecule has 40 heavy (non-hydrogen) atoms. The van der Waals surface area contributed by atoms with E-state index in [1.54, 1.807) is 21.5 Å². The highest BCUT2D eigenvalue weighted by atomic mass is 28.3. The van der Waals surface area contributed by atoms with Crippen molar-refractivity contribution in [3.8, 4) is 5.69 Å².